The molecule has 2 saturated heterocycles. The van der Waals surface area contributed by atoms with Gasteiger partial charge in [-0.15, -0.1) is 0 Å². The lowest BCUT2D eigenvalue weighted by Gasteiger charge is -2.40. The summed E-state index contributed by atoms with van der Waals surface area (Å²) in [6.45, 7) is 9.72. The van der Waals surface area contributed by atoms with Crippen molar-refractivity contribution < 1.29 is 14.6 Å². The fraction of sp³-hybridized carbons (Fsp3) is 0.933. The van der Waals surface area contributed by atoms with Crippen LogP contribution < -0.4 is 0 Å². The maximum Gasteiger partial charge on any atom is 0.410 e. The van der Waals surface area contributed by atoms with E-state index in [4.69, 9.17) is 4.74 Å². The van der Waals surface area contributed by atoms with E-state index in [0.717, 1.165) is 19.6 Å². The van der Waals surface area contributed by atoms with Crippen molar-refractivity contribution >= 4 is 6.09 Å². The Morgan fingerprint density at radius 1 is 1.15 bits per heavy atom. The highest BCUT2D eigenvalue weighted by molar-refractivity contribution is 5.68. The summed E-state index contributed by atoms with van der Waals surface area (Å²) in [5.41, 5.74) is -1.09. The van der Waals surface area contributed by atoms with E-state index in [2.05, 4.69) is 4.90 Å². The lowest BCUT2D eigenvalue weighted by Crippen LogP contribution is -2.52. The van der Waals surface area contributed by atoms with Gasteiger partial charge in [-0.1, -0.05) is 0 Å². The lowest BCUT2D eigenvalue weighted by atomic mass is 9.91. The quantitative estimate of drug-likeness (QED) is 0.841. The van der Waals surface area contributed by atoms with Crippen molar-refractivity contribution in [1.82, 2.24) is 9.80 Å². The highest BCUT2D eigenvalue weighted by Crippen LogP contribution is 2.26. The number of aliphatic hydroxyl groups is 1. The summed E-state index contributed by atoms with van der Waals surface area (Å²) >= 11 is 0. The van der Waals surface area contributed by atoms with Crippen molar-refractivity contribution in [3.63, 3.8) is 0 Å². The van der Waals surface area contributed by atoms with Crippen LogP contribution in [-0.4, -0.2) is 64.9 Å². The molecule has 2 fully saturated rings. The minimum atomic E-state index is -0.636. The summed E-state index contributed by atoms with van der Waals surface area (Å²) in [7, 11) is 0. The van der Waals surface area contributed by atoms with E-state index >= 15 is 0 Å². The summed E-state index contributed by atoms with van der Waals surface area (Å²) in [6.07, 6.45) is 3.49. The van der Waals surface area contributed by atoms with Crippen molar-refractivity contribution in [3.05, 3.63) is 0 Å². The van der Waals surface area contributed by atoms with E-state index in [0.29, 0.717) is 25.9 Å². The average molecular weight is 284 g/mol. The first-order chi connectivity index (χ1) is 9.27. The van der Waals surface area contributed by atoms with Gasteiger partial charge >= 0.3 is 6.09 Å². The van der Waals surface area contributed by atoms with Gasteiger partial charge in [0.25, 0.3) is 0 Å². The van der Waals surface area contributed by atoms with Gasteiger partial charge in [0.15, 0.2) is 0 Å². The predicted molar refractivity (Wildman–Crippen MR) is 77.7 cm³/mol. The molecule has 2 heterocycles. The van der Waals surface area contributed by atoms with Crippen LogP contribution in [-0.2, 0) is 4.74 Å². The fourth-order valence-electron chi connectivity index (χ4n) is 2.95. The Kier molecular flexibility index (Phi) is 4.59. The number of carbonyl (C=O) groups excluding carboxylic acids is 1. The first-order valence-electron chi connectivity index (χ1n) is 7.70. The van der Waals surface area contributed by atoms with E-state index in [1.165, 1.54) is 12.8 Å². The zero-order valence-corrected chi connectivity index (χ0v) is 13.0. The number of carbonyl (C=O) groups is 1. The van der Waals surface area contributed by atoms with Crippen LogP contribution in [0.25, 0.3) is 0 Å². The Morgan fingerprint density at radius 3 is 2.20 bits per heavy atom. The van der Waals surface area contributed by atoms with E-state index in [1.807, 2.05) is 20.8 Å². The molecule has 1 amide bonds. The Hall–Kier alpha value is -0.810. The van der Waals surface area contributed by atoms with Crippen LogP contribution in [0.4, 0.5) is 4.79 Å². The summed E-state index contributed by atoms with van der Waals surface area (Å²) in [5.74, 6) is 0. The van der Waals surface area contributed by atoms with Crippen LogP contribution in [0.15, 0.2) is 0 Å². The second kappa shape index (κ2) is 5.90. The summed E-state index contributed by atoms with van der Waals surface area (Å²) in [6, 6.07) is 0. The van der Waals surface area contributed by atoms with Crippen molar-refractivity contribution in [3.8, 4) is 0 Å². The molecule has 0 unspecified atom stereocenters. The van der Waals surface area contributed by atoms with Crippen LogP contribution in [0, 0.1) is 0 Å². The molecule has 0 aromatic heterocycles. The molecule has 20 heavy (non-hydrogen) atoms. The maximum atomic E-state index is 12.0. The summed E-state index contributed by atoms with van der Waals surface area (Å²) in [5, 5.41) is 10.6. The molecule has 0 atom stereocenters. The molecular formula is C15H28N2O3. The van der Waals surface area contributed by atoms with Gasteiger partial charge in [-0.05, 0) is 59.5 Å². The SMILES string of the molecule is CC(C)(C)OC(=O)N1CCC(O)(CN2CCCC2)CC1. The van der Waals surface area contributed by atoms with Crippen LogP contribution in [0.5, 0.6) is 0 Å². The Balaban J connectivity index is 1.80. The molecule has 2 aliphatic heterocycles. The normalized spacial score (nSPS) is 23.9. The Morgan fingerprint density at radius 2 is 1.70 bits per heavy atom. The van der Waals surface area contributed by atoms with Crippen LogP contribution in [0.2, 0.25) is 0 Å². The molecule has 116 valence electrons. The molecule has 1 N–H and O–H groups in total. The van der Waals surface area contributed by atoms with E-state index in [9.17, 15) is 9.90 Å². The molecule has 5 heteroatoms. The molecular weight excluding hydrogens is 256 g/mol. The monoisotopic (exact) mass is 284 g/mol. The first-order valence-corrected chi connectivity index (χ1v) is 7.70. The zero-order valence-electron chi connectivity index (χ0n) is 13.0. The van der Waals surface area contributed by atoms with Crippen molar-refractivity contribution in [2.45, 2.75) is 57.7 Å². The van der Waals surface area contributed by atoms with Crippen LogP contribution in [0.1, 0.15) is 46.5 Å². The van der Waals surface area contributed by atoms with Gasteiger partial charge in [0.2, 0.25) is 0 Å². The molecule has 2 aliphatic rings. The number of rotatable bonds is 2. The van der Waals surface area contributed by atoms with Crippen LogP contribution >= 0.6 is 0 Å². The fourth-order valence-corrected chi connectivity index (χ4v) is 2.95. The van der Waals surface area contributed by atoms with Crippen molar-refractivity contribution in [2.75, 3.05) is 32.7 Å². The number of amides is 1. The molecule has 0 aromatic carbocycles. The molecule has 0 saturated carbocycles. The van der Waals surface area contributed by atoms with E-state index in [1.54, 1.807) is 4.90 Å². The lowest BCUT2D eigenvalue weighted by molar-refractivity contribution is -0.0470. The van der Waals surface area contributed by atoms with Gasteiger partial charge in [-0.3, -0.25) is 0 Å². The number of piperidine rings is 1. The minimum Gasteiger partial charge on any atom is -0.444 e. The topological polar surface area (TPSA) is 53.0 Å². The number of hydrogen-bond donors (Lipinski definition) is 1. The van der Waals surface area contributed by atoms with Crippen LogP contribution in [0.3, 0.4) is 0 Å². The zero-order chi connectivity index (χ0) is 14.8. The molecule has 2 rings (SSSR count). The first kappa shape index (κ1) is 15.6. The predicted octanol–water partition coefficient (Wildman–Crippen LogP) is 1.84. The number of likely N-dealkylation sites (tertiary alicyclic amines) is 2. The summed E-state index contributed by atoms with van der Waals surface area (Å²) in [4.78, 5) is 16.0. The van der Waals surface area contributed by atoms with Crippen molar-refractivity contribution in [2.24, 2.45) is 0 Å². The van der Waals surface area contributed by atoms with Gasteiger partial charge in [-0.2, -0.15) is 0 Å². The van der Waals surface area contributed by atoms with Gasteiger partial charge in [0, 0.05) is 19.6 Å². The highest BCUT2D eigenvalue weighted by atomic mass is 16.6. The minimum absolute atomic E-state index is 0.263. The van der Waals surface area contributed by atoms with Gasteiger partial charge < -0.3 is 19.6 Å². The molecule has 0 aromatic rings. The molecule has 0 bridgehead atoms. The van der Waals surface area contributed by atoms with Crippen molar-refractivity contribution in [1.29, 1.82) is 0 Å². The summed E-state index contributed by atoms with van der Waals surface area (Å²) < 4.78 is 5.37. The molecule has 0 spiro atoms. The third-order valence-corrected chi connectivity index (χ3v) is 4.06. The molecule has 0 aliphatic carbocycles. The number of β-amino-alcohol motifs (C(OH)–C–C–N with tert-alkyl or cyclic N) is 1. The van der Waals surface area contributed by atoms with Gasteiger partial charge in [0.1, 0.15) is 5.60 Å². The second-order valence-corrected chi connectivity index (χ2v) is 7.17. The average Bonchev–Trinajstić information content (AvgIpc) is 2.79. The Labute approximate surface area is 121 Å². The van der Waals surface area contributed by atoms with E-state index in [-0.39, 0.29) is 6.09 Å². The van der Waals surface area contributed by atoms with Gasteiger partial charge in [0.05, 0.1) is 5.60 Å². The molecule has 5 nitrogen and oxygen atoms in total. The third-order valence-electron chi connectivity index (χ3n) is 4.06. The second-order valence-electron chi connectivity index (χ2n) is 7.17. The standard InChI is InChI=1S/C15H28N2O3/c1-14(2,3)20-13(18)17-10-6-15(19,7-11-17)12-16-8-4-5-9-16/h19H,4-12H2,1-3H3. The maximum absolute atomic E-state index is 12.0. The largest absolute Gasteiger partial charge is 0.444 e. The Bertz CT molecular complexity index is 338. The third kappa shape index (κ3) is 4.35. The molecule has 0 radical (unpaired) electrons. The van der Waals surface area contributed by atoms with E-state index < -0.39 is 11.2 Å². The number of nitrogens with zero attached hydrogens (tertiary/aromatic N) is 2. The highest BCUT2D eigenvalue weighted by Gasteiger charge is 2.37. The number of hydrogen-bond acceptors (Lipinski definition) is 4. The van der Waals surface area contributed by atoms with Gasteiger partial charge in [-0.25, -0.2) is 4.79 Å². The smallest absolute Gasteiger partial charge is 0.410 e. The number of ether oxygens (including phenoxy) is 1.